The van der Waals surface area contributed by atoms with E-state index in [0.717, 1.165) is 5.56 Å². The number of ether oxygens (including phenoxy) is 1. The van der Waals surface area contributed by atoms with E-state index in [-0.39, 0.29) is 23.0 Å². The van der Waals surface area contributed by atoms with Crippen LogP contribution in [0.15, 0.2) is 64.0 Å². The number of sulfonamides is 1. The number of hydrogen-bond acceptors (Lipinski definition) is 6. The Hall–Kier alpha value is -2.97. The van der Waals surface area contributed by atoms with Gasteiger partial charge in [0, 0.05) is 5.56 Å². The molecule has 26 heavy (non-hydrogen) atoms. The normalized spacial score (nSPS) is 11.3. The molecule has 0 saturated carbocycles. The molecule has 0 bridgehead atoms. The zero-order chi connectivity index (χ0) is 18.7. The van der Waals surface area contributed by atoms with Crippen molar-refractivity contribution in [2.75, 3.05) is 0 Å². The molecule has 3 aromatic rings. The van der Waals surface area contributed by atoms with Gasteiger partial charge in [0.15, 0.2) is 12.4 Å². The van der Waals surface area contributed by atoms with Crippen LogP contribution >= 0.6 is 0 Å². The summed E-state index contributed by atoms with van der Waals surface area (Å²) in [5, 5.41) is 5.09. The summed E-state index contributed by atoms with van der Waals surface area (Å²) >= 11 is 0. The summed E-state index contributed by atoms with van der Waals surface area (Å²) < 4.78 is 33.6. The number of oxazole rings is 1. The fourth-order valence-electron chi connectivity index (χ4n) is 2.32. The van der Waals surface area contributed by atoms with Crippen molar-refractivity contribution in [3.8, 4) is 11.3 Å². The van der Waals surface area contributed by atoms with Gasteiger partial charge in [0.05, 0.1) is 16.7 Å². The quantitative estimate of drug-likeness (QED) is 0.689. The van der Waals surface area contributed by atoms with E-state index >= 15 is 0 Å². The van der Waals surface area contributed by atoms with Crippen LogP contribution in [0.1, 0.15) is 21.8 Å². The molecular weight excluding hydrogens is 356 g/mol. The SMILES string of the molecule is Cc1ccc(S(N)(=O)=O)cc1C(=O)OCc1ncc(-c2ccccc2)o1. The van der Waals surface area contributed by atoms with Crippen molar-refractivity contribution in [1.29, 1.82) is 0 Å². The molecule has 0 spiro atoms. The number of hydrogen-bond donors (Lipinski definition) is 1. The van der Waals surface area contributed by atoms with Crippen LogP contribution in [0.2, 0.25) is 0 Å². The van der Waals surface area contributed by atoms with Crippen molar-refractivity contribution in [2.45, 2.75) is 18.4 Å². The van der Waals surface area contributed by atoms with Crippen LogP contribution in [0, 0.1) is 6.92 Å². The number of nitrogens with two attached hydrogens (primary N) is 1. The molecule has 0 aliphatic rings. The number of aryl methyl sites for hydroxylation is 1. The highest BCUT2D eigenvalue weighted by atomic mass is 32.2. The third kappa shape index (κ3) is 3.98. The number of carbonyl (C=O) groups is 1. The van der Waals surface area contributed by atoms with Gasteiger partial charge in [-0.3, -0.25) is 0 Å². The molecule has 8 heteroatoms. The van der Waals surface area contributed by atoms with E-state index in [1.807, 2.05) is 30.3 Å². The first kappa shape index (κ1) is 17.8. The van der Waals surface area contributed by atoms with Crippen LogP contribution < -0.4 is 5.14 Å². The van der Waals surface area contributed by atoms with Crippen molar-refractivity contribution < 1.29 is 22.4 Å². The van der Waals surface area contributed by atoms with Crippen LogP contribution in [0.4, 0.5) is 0 Å². The van der Waals surface area contributed by atoms with Gasteiger partial charge in [-0.1, -0.05) is 36.4 Å². The van der Waals surface area contributed by atoms with E-state index in [9.17, 15) is 13.2 Å². The van der Waals surface area contributed by atoms with Crippen molar-refractivity contribution in [3.05, 3.63) is 71.7 Å². The van der Waals surface area contributed by atoms with E-state index < -0.39 is 16.0 Å². The third-order valence-electron chi connectivity index (χ3n) is 3.70. The van der Waals surface area contributed by atoms with Crippen LogP contribution in [-0.4, -0.2) is 19.4 Å². The van der Waals surface area contributed by atoms with Gasteiger partial charge in [-0.15, -0.1) is 0 Å². The smallest absolute Gasteiger partial charge is 0.338 e. The standard InChI is InChI=1S/C18H16N2O5S/c1-12-7-8-14(26(19,22)23)9-15(12)18(21)24-11-17-20-10-16(25-17)13-5-3-2-4-6-13/h2-10H,11H2,1H3,(H2,19,22,23). The Kier molecular flexibility index (Phi) is 4.88. The molecule has 0 aliphatic heterocycles. The average Bonchev–Trinajstić information content (AvgIpc) is 3.09. The maximum atomic E-state index is 12.3. The molecule has 0 unspecified atom stereocenters. The summed E-state index contributed by atoms with van der Waals surface area (Å²) in [7, 11) is -3.91. The number of aromatic nitrogens is 1. The molecule has 1 aromatic heterocycles. The Morgan fingerprint density at radius 2 is 1.92 bits per heavy atom. The van der Waals surface area contributed by atoms with Crippen LogP contribution in [0.25, 0.3) is 11.3 Å². The second-order valence-electron chi connectivity index (χ2n) is 5.58. The predicted molar refractivity (Wildman–Crippen MR) is 93.6 cm³/mol. The van der Waals surface area contributed by atoms with Crippen molar-refractivity contribution in [1.82, 2.24) is 4.98 Å². The summed E-state index contributed by atoms with van der Waals surface area (Å²) in [6, 6.07) is 13.4. The number of rotatable bonds is 5. The lowest BCUT2D eigenvalue weighted by Crippen LogP contribution is -2.14. The highest BCUT2D eigenvalue weighted by molar-refractivity contribution is 7.89. The highest BCUT2D eigenvalue weighted by Gasteiger charge is 2.17. The lowest BCUT2D eigenvalue weighted by atomic mass is 10.1. The lowest BCUT2D eigenvalue weighted by Gasteiger charge is -2.07. The van der Waals surface area contributed by atoms with Gasteiger partial charge in [-0.25, -0.2) is 23.3 Å². The van der Waals surface area contributed by atoms with E-state index in [4.69, 9.17) is 14.3 Å². The minimum Gasteiger partial charge on any atom is -0.452 e. The number of benzene rings is 2. The molecule has 3 rings (SSSR count). The first-order valence-electron chi connectivity index (χ1n) is 7.65. The monoisotopic (exact) mass is 372 g/mol. The molecular formula is C18H16N2O5S. The zero-order valence-corrected chi connectivity index (χ0v) is 14.7. The topological polar surface area (TPSA) is 112 Å². The summed E-state index contributed by atoms with van der Waals surface area (Å²) in [4.78, 5) is 16.2. The molecule has 0 saturated heterocycles. The minimum absolute atomic E-state index is 0.117. The van der Waals surface area contributed by atoms with E-state index in [0.29, 0.717) is 11.3 Å². The molecule has 7 nitrogen and oxygen atoms in total. The maximum Gasteiger partial charge on any atom is 0.338 e. The first-order valence-corrected chi connectivity index (χ1v) is 9.20. The largest absolute Gasteiger partial charge is 0.452 e. The van der Waals surface area contributed by atoms with E-state index in [1.165, 1.54) is 18.2 Å². The van der Waals surface area contributed by atoms with Gasteiger partial charge in [0.25, 0.3) is 0 Å². The molecule has 0 aliphatic carbocycles. The van der Waals surface area contributed by atoms with Gasteiger partial charge >= 0.3 is 5.97 Å². The fraction of sp³-hybridized carbons (Fsp3) is 0.111. The number of esters is 1. The Labute approximate surface area is 150 Å². The van der Waals surface area contributed by atoms with Gasteiger partial charge < -0.3 is 9.15 Å². The molecule has 2 aromatic carbocycles. The Morgan fingerprint density at radius 3 is 2.62 bits per heavy atom. The van der Waals surface area contributed by atoms with E-state index in [2.05, 4.69) is 4.98 Å². The zero-order valence-electron chi connectivity index (χ0n) is 13.9. The molecule has 2 N–H and O–H groups in total. The molecule has 134 valence electrons. The number of nitrogens with zero attached hydrogens (tertiary/aromatic N) is 1. The second kappa shape index (κ2) is 7.11. The predicted octanol–water partition coefficient (Wildman–Crippen LogP) is 2.65. The molecule has 0 atom stereocenters. The summed E-state index contributed by atoms with van der Waals surface area (Å²) in [6.45, 7) is 1.49. The highest BCUT2D eigenvalue weighted by Crippen LogP contribution is 2.21. The molecule has 0 radical (unpaired) electrons. The molecule has 0 amide bonds. The Balaban J connectivity index is 1.73. The van der Waals surface area contributed by atoms with Crippen molar-refractivity contribution >= 4 is 16.0 Å². The third-order valence-corrected chi connectivity index (χ3v) is 4.61. The van der Waals surface area contributed by atoms with Gasteiger partial charge in [0.2, 0.25) is 15.9 Å². The molecule has 1 heterocycles. The number of primary sulfonamides is 1. The lowest BCUT2D eigenvalue weighted by molar-refractivity contribution is 0.0438. The fourth-order valence-corrected chi connectivity index (χ4v) is 2.86. The summed E-state index contributed by atoms with van der Waals surface area (Å²) in [5.41, 5.74) is 1.54. The first-order chi connectivity index (χ1) is 12.3. The van der Waals surface area contributed by atoms with Gasteiger partial charge in [-0.05, 0) is 24.6 Å². The Bertz CT molecular complexity index is 1040. The van der Waals surface area contributed by atoms with Crippen LogP contribution in [0.5, 0.6) is 0 Å². The van der Waals surface area contributed by atoms with Gasteiger partial charge in [0.1, 0.15) is 0 Å². The van der Waals surface area contributed by atoms with E-state index in [1.54, 1.807) is 13.1 Å². The van der Waals surface area contributed by atoms with Crippen LogP contribution in [-0.2, 0) is 21.4 Å². The summed E-state index contributed by atoms with van der Waals surface area (Å²) in [5.74, 6) is 0.106. The summed E-state index contributed by atoms with van der Waals surface area (Å²) in [6.07, 6.45) is 1.55. The maximum absolute atomic E-state index is 12.3. The average molecular weight is 372 g/mol. The van der Waals surface area contributed by atoms with Crippen molar-refractivity contribution in [3.63, 3.8) is 0 Å². The Morgan fingerprint density at radius 1 is 1.19 bits per heavy atom. The minimum atomic E-state index is -3.91. The van der Waals surface area contributed by atoms with Crippen LogP contribution in [0.3, 0.4) is 0 Å². The number of carbonyl (C=O) groups excluding carboxylic acids is 1. The second-order valence-corrected chi connectivity index (χ2v) is 7.14. The van der Waals surface area contributed by atoms with Crippen molar-refractivity contribution in [2.24, 2.45) is 5.14 Å². The molecule has 0 fully saturated rings. The van der Waals surface area contributed by atoms with Gasteiger partial charge in [-0.2, -0.15) is 0 Å².